The van der Waals surface area contributed by atoms with Crippen LogP contribution in [0.3, 0.4) is 0 Å². The van der Waals surface area contributed by atoms with E-state index in [9.17, 15) is 0 Å². The lowest BCUT2D eigenvalue weighted by Gasteiger charge is -2.06. The van der Waals surface area contributed by atoms with Crippen LogP contribution < -0.4 is 5.73 Å². The number of nitriles is 1. The van der Waals surface area contributed by atoms with E-state index < -0.39 is 0 Å². The Bertz CT molecular complexity index is 335. The highest BCUT2D eigenvalue weighted by Gasteiger charge is 2.07. The van der Waals surface area contributed by atoms with Crippen LogP contribution in [0.15, 0.2) is 6.07 Å². The van der Waals surface area contributed by atoms with Crippen LogP contribution in [-0.2, 0) is 11.3 Å². The molecule has 4 heteroatoms. The van der Waals surface area contributed by atoms with E-state index >= 15 is 0 Å². The van der Waals surface area contributed by atoms with Gasteiger partial charge in [0.1, 0.15) is 11.8 Å². The van der Waals surface area contributed by atoms with E-state index in [1.54, 1.807) is 13.2 Å². The van der Waals surface area contributed by atoms with Gasteiger partial charge < -0.3 is 15.0 Å². The molecule has 0 fully saturated rings. The number of rotatable bonds is 3. The molecule has 0 aliphatic rings. The molecule has 0 unspecified atom stereocenters. The van der Waals surface area contributed by atoms with E-state index in [2.05, 4.69) is 6.07 Å². The normalized spacial score (nSPS) is 9.92. The fraction of sp³-hybridized carbons (Fsp3) is 0.444. The van der Waals surface area contributed by atoms with Crippen LogP contribution in [0.5, 0.6) is 0 Å². The van der Waals surface area contributed by atoms with Crippen molar-refractivity contribution in [2.75, 3.05) is 19.5 Å². The first-order chi connectivity index (χ1) is 6.20. The van der Waals surface area contributed by atoms with Gasteiger partial charge in [-0.15, -0.1) is 0 Å². The summed E-state index contributed by atoms with van der Waals surface area (Å²) in [5, 5.41) is 8.79. The zero-order valence-electron chi connectivity index (χ0n) is 7.87. The van der Waals surface area contributed by atoms with Gasteiger partial charge in [-0.1, -0.05) is 0 Å². The van der Waals surface area contributed by atoms with Crippen molar-refractivity contribution in [3.63, 3.8) is 0 Å². The number of methoxy groups -OCH3 is 1. The summed E-state index contributed by atoms with van der Waals surface area (Å²) in [6, 6.07) is 3.78. The summed E-state index contributed by atoms with van der Waals surface area (Å²) < 4.78 is 6.80. The summed E-state index contributed by atoms with van der Waals surface area (Å²) in [5.41, 5.74) is 7.85. The van der Waals surface area contributed by atoms with Crippen LogP contribution in [0.1, 0.15) is 11.4 Å². The fourth-order valence-electron chi connectivity index (χ4n) is 1.23. The first-order valence-corrected chi connectivity index (χ1v) is 4.05. The molecule has 1 aromatic heterocycles. The number of nitrogen functional groups attached to an aromatic ring is 1. The molecular formula is C9H13N3O. The third-order valence-corrected chi connectivity index (χ3v) is 2.04. The second-order valence-corrected chi connectivity index (χ2v) is 2.83. The molecule has 0 saturated carbocycles. The molecule has 1 heterocycles. The molecule has 0 bridgehead atoms. The zero-order chi connectivity index (χ0) is 9.84. The molecule has 1 rings (SSSR count). The summed E-state index contributed by atoms with van der Waals surface area (Å²) in [5.74, 6) is 0. The summed E-state index contributed by atoms with van der Waals surface area (Å²) in [6.07, 6.45) is 0. The van der Waals surface area contributed by atoms with Gasteiger partial charge in [0.25, 0.3) is 0 Å². The lowest BCUT2D eigenvalue weighted by atomic mass is 10.4. The number of nitrogens with two attached hydrogens (primary N) is 1. The Morgan fingerprint density at radius 1 is 1.69 bits per heavy atom. The van der Waals surface area contributed by atoms with E-state index in [1.165, 1.54) is 0 Å². The molecule has 4 nitrogen and oxygen atoms in total. The lowest BCUT2D eigenvalue weighted by Crippen LogP contribution is -2.08. The van der Waals surface area contributed by atoms with E-state index in [-0.39, 0.29) is 0 Å². The highest BCUT2D eigenvalue weighted by atomic mass is 16.5. The monoisotopic (exact) mass is 179 g/mol. The van der Waals surface area contributed by atoms with Crippen molar-refractivity contribution in [1.82, 2.24) is 4.57 Å². The standard InChI is InChI=1S/C9H13N3O/c1-7-9(11)5-8(6-10)12(7)3-4-13-2/h5H,3-4,11H2,1-2H3. The highest BCUT2D eigenvalue weighted by Crippen LogP contribution is 2.16. The van der Waals surface area contributed by atoms with Crippen molar-refractivity contribution in [3.8, 4) is 6.07 Å². The van der Waals surface area contributed by atoms with Crippen molar-refractivity contribution >= 4 is 5.69 Å². The summed E-state index contributed by atoms with van der Waals surface area (Å²) in [6.45, 7) is 3.15. The molecule has 0 saturated heterocycles. The van der Waals surface area contributed by atoms with Crippen LogP contribution >= 0.6 is 0 Å². The Labute approximate surface area is 77.5 Å². The van der Waals surface area contributed by atoms with E-state index in [0.29, 0.717) is 24.5 Å². The van der Waals surface area contributed by atoms with Gasteiger partial charge in [-0.2, -0.15) is 5.26 Å². The third kappa shape index (κ3) is 1.82. The number of nitrogens with zero attached hydrogens (tertiary/aromatic N) is 2. The first kappa shape index (κ1) is 9.62. The minimum absolute atomic E-state index is 0.587. The summed E-state index contributed by atoms with van der Waals surface area (Å²) in [4.78, 5) is 0. The average Bonchev–Trinajstić information content (AvgIpc) is 2.40. The molecule has 2 N–H and O–H groups in total. The third-order valence-electron chi connectivity index (χ3n) is 2.04. The molecule has 0 radical (unpaired) electrons. The van der Waals surface area contributed by atoms with Gasteiger partial charge in [0.15, 0.2) is 0 Å². The van der Waals surface area contributed by atoms with Crippen molar-refractivity contribution in [2.45, 2.75) is 13.5 Å². The quantitative estimate of drug-likeness (QED) is 0.749. The van der Waals surface area contributed by atoms with Gasteiger partial charge in [0.05, 0.1) is 12.3 Å². The predicted molar refractivity (Wildman–Crippen MR) is 50.2 cm³/mol. The average molecular weight is 179 g/mol. The molecule has 70 valence electrons. The van der Waals surface area contributed by atoms with Gasteiger partial charge in [0.2, 0.25) is 0 Å². The molecule has 0 spiro atoms. The molecular weight excluding hydrogens is 166 g/mol. The Morgan fingerprint density at radius 3 is 2.92 bits per heavy atom. The second-order valence-electron chi connectivity index (χ2n) is 2.83. The Balaban J connectivity index is 2.96. The number of hydrogen-bond acceptors (Lipinski definition) is 3. The van der Waals surface area contributed by atoms with E-state index in [1.807, 2.05) is 11.5 Å². The van der Waals surface area contributed by atoms with Gasteiger partial charge in [-0.25, -0.2) is 0 Å². The van der Waals surface area contributed by atoms with Crippen LogP contribution in [-0.4, -0.2) is 18.3 Å². The lowest BCUT2D eigenvalue weighted by molar-refractivity contribution is 0.186. The maximum atomic E-state index is 8.79. The molecule has 0 aliphatic carbocycles. The molecule has 0 aliphatic heterocycles. The van der Waals surface area contributed by atoms with Gasteiger partial charge in [0, 0.05) is 19.3 Å². The van der Waals surface area contributed by atoms with Gasteiger partial charge in [-0.05, 0) is 13.0 Å². The highest BCUT2D eigenvalue weighted by molar-refractivity contribution is 5.49. The molecule has 0 amide bonds. The second kappa shape index (κ2) is 3.97. The maximum Gasteiger partial charge on any atom is 0.122 e. The Kier molecular flexibility index (Phi) is 2.93. The summed E-state index contributed by atoms with van der Waals surface area (Å²) >= 11 is 0. The number of aromatic nitrogens is 1. The summed E-state index contributed by atoms with van der Waals surface area (Å²) in [7, 11) is 1.63. The van der Waals surface area contributed by atoms with Crippen molar-refractivity contribution < 1.29 is 4.74 Å². The largest absolute Gasteiger partial charge is 0.397 e. The zero-order valence-corrected chi connectivity index (χ0v) is 7.87. The molecule has 13 heavy (non-hydrogen) atoms. The minimum atomic E-state index is 0.587. The van der Waals surface area contributed by atoms with Crippen molar-refractivity contribution in [1.29, 1.82) is 5.26 Å². The van der Waals surface area contributed by atoms with Gasteiger partial charge in [-0.3, -0.25) is 0 Å². The molecule has 0 aromatic carbocycles. The van der Waals surface area contributed by atoms with Crippen molar-refractivity contribution in [2.24, 2.45) is 0 Å². The van der Waals surface area contributed by atoms with Crippen molar-refractivity contribution in [3.05, 3.63) is 17.5 Å². The number of anilines is 1. The Hall–Kier alpha value is -1.47. The van der Waals surface area contributed by atoms with E-state index in [0.717, 1.165) is 5.69 Å². The SMILES string of the molecule is COCCn1c(C#N)cc(N)c1C. The number of hydrogen-bond donors (Lipinski definition) is 1. The number of ether oxygens (including phenoxy) is 1. The Morgan fingerprint density at radius 2 is 2.38 bits per heavy atom. The van der Waals surface area contributed by atoms with Crippen LogP contribution in [0.2, 0.25) is 0 Å². The minimum Gasteiger partial charge on any atom is -0.397 e. The fourth-order valence-corrected chi connectivity index (χ4v) is 1.23. The smallest absolute Gasteiger partial charge is 0.122 e. The maximum absolute atomic E-state index is 8.79. The van der Waals surface area contributed by atoms with E-state index in [4.69, 9.17) is 15.7 Å². The topological polar surface area (TPSA) is 64.0 Å². The van der Waals surface area contributed by atoms with Gasteiger partial charge >= 0.3 is 0 Å². The van der Waals surface area contributed by atoms with Crippen LogP contribution in [0.4, 0.5) is 5.69 Å². The molecule has 0 atom stereocenters. The predicted octanol–water partition coefficient (Wildman–Crippen LogP) is 0.897. The first-order valence-electron chi connectivity index (χ1n) is 4.05. The van der Waals surface area contributed by atoms with Crippen LogP contribution in [0, 0.1) is 18.3 Å². The van der Waals surface area contributed by atoms with Crippen LogP contribution in [0.25, 0.3) is 0 Å². The molecule has 1 aromatic rings.